The Balaban J connectivity index is 1.27. The van der Waals surface area contributed by atoms with Crippen molar-refractivity contribution >= 4 is 5.97 Å². The number of carbonyl (C=O) groups is 1. The molecule has 0 radical (unpaired) electrons. The average Bonchev–Trinajstić information content (AvgIpc) is 3.33. The molecular formula is C41H71NO29. The van der Waals surface area contributed by atoms with Crippen LogP contribution in [0.3, 0.4) is 0 Å². The van der Waals surface area contributed by atoms with Gasteiger partial charge >= 0.3 is 5.97 Å². The number of unbranched alkanes of at least 4 members (excludes halogenated alkanes) is 2. The van der Waals surface area contributed by atoms with Crippen LogP contribution in [-0.2, 0) is 61.6 Å². The van der Waals surface area contributed by atoms with Gasteiger partial charge in [-0.15, -0.1) is 0 Å². The number of aliphatic hydroxyl groups is 15. The molecule has 6 rings (SSSR count). The number of aliphatic carboxylic acids is 1. The summed E-state index contributed by atoms with van der Waals surface area (Å²) in [4.78, 5) is 11.7. The van der Waals surface area contributed by atoms with Gasteiger partial charge in [0.2, 0.25) is 0 Å². The fourth-order valence-corrected chi connectivity index (χ4v) is 8.94. The highest BCUT2D eigenvalue weighted by Gasteiger charge is 2.57. The van der Waals surface area contributed by atoms with Gasteiger partial charge in [0.25, 0.3) is 0 Å². The number of carboxylic acids is 1. The molecule has 71 heavy (non-hydrogen) atoms. The van der Waals surface area contributed by atoms with E-state index in [1.807, 2.05) is 0 Å². The fourth-order valence-electron chi connectivity index (χ4n) is 8.94. The molecule has 6 saturated heterocycles. The summed E-state index contributed by atoms with van der Waals surface area (Å²) in [7, 11) is 0. The molecule has 0 aromatic carbocycles. The number of aliphatic hydroxyl groups excluding tert-OH is 15. The highest BCUT2D eigenvalue weighted by molar-refractivity contribution is 5.73. The molecule has 6 heterocycles. The van der Waals surface area contributed by atoms with Crippen LogP contribution < -0.4 is 5.73 Å². The van der Waals surface area contributed by atoms with Gasteiger partial charge in [-0.1, -0.05) is 0 Å². The summed E-state index contributed by atoms with van der Waals surface area (Å²) in [6.45, 7) is 2.80. The zero-order valence-electron chi connectivity index (χ0n) is 38.8. The van der Waals surface area contributed by atoms with E-state index in [0.717, 1.165) is 0 Å². The van der Waals surface area contributed by atoms with Gasteiger partial charge in [0.05, 0.1) is 31.5 Å². The third-order valence-corrected chi connectivity index (χ3v) is 13.4. The lowest BCUT2D eigenvalue weighted by Crippen LogP contribution is -2.68. The van der Waals surface area contributed by atoms with E-state index in [-0.39, 0.29) is 6.61 Å². The Morgan fingerprint density at radius 1 is 0.423 bits per heavy atom. The SMILES string of the molecule is C[C@@H]1O[C@H](O[C@H]2[C@H](O)[C@@H](O)[C@H](O[C@@H]3[C@@H](O)[C@H](C)O[C@@H](O[C@@H]4[C@@H](O)[C@H](C)O[C@@H](OCCCCCN)[C@@H]4O)[C@@H]3O[C@H]3O[C@H](CO[C@H]4O[C@H](C(=O)O)[C@@H](O)[C@H](O)[C@H]4O)[C@@H](O)[C@H](O)[C@H]3O)O[C@@H]2CO)[C@H](O)[C@H](O)[C@H]1O. The molecule has 6 fully saturated rings. The summed E-state index contributed by atoms with van der Waals surface area (Å²) < 4.78 is 69.3. The third kappa shape index (κ3) is 13.0. The number of hydrogen-bond acceptors (Lipinski definition) is 29. The normalized spacial score (nSPS) is 51.0. The van der Waals surface area contributed by atoms with E-state index < -0.39 is 203 Å². The van der Waals surface area contributed by atoms with Crippen LogP contribution in [0, 0.1) is 0 Å². The van der Waals surface area contributed by atoms with Crippen LogP contribution in [0.25, 0.3) is 0 Å². The summed E-state index contributed by atoms with van der Waals surface area (Å²) in [5, 5.41) is 172. The first-order chi connectivity index (χ1) is 33.5. The minimum Gasteiger partial charge on any atom is -0.479 e. The lowest BCUT2D eigenvalue weighted by molar-refractivity contribution is -0.408. The van der Waals surface area contributed by atoms with E-state index in [1.165, 1.54) is 20.8 Å². The van der Waals surface area contributed by atoms with Crippen molar-refractivity contribution < 1.29 is 143 Å². The number of carboxylic acid groups (broad SMARTS) is 1. The maximum atomic E-state index is 11.7. The largest absolute Gasteiger partial charge is 0.479 e. The lowest BCUT2D eigenvalue weighted by atomic mass is 9.95. The smallest absolute Gasteiger partial charge is 0.335 e. The molecule has 0 bridgehead atoms. The van der Waals surface area contributed by atoms with Crippen molar-refractivity contribution in [1.82, 2.24) is 0 Å². The van der Waals surface area contributed by atoms with E-state index in [4.69, 9.17) is 62.6 Å². The summed E-state index contributed by atoms with van der Waals surface area (Å²) in [5.74, 6) is -1.74. The molecule has 0 aromatic heterocycles. The second-order valence-corrected chi connectivity index (χ2v) is 18.5. The van der Waals surface area contributed by atoms with E-state index in [1.54, 1.807) is 0 Å². The molecule has 6 aliphatic rings. The topological polar surface area (TPSA) is 478 Å². The number of nitrogens with two attached hydrogens (primary N) is 1. The molecule has 414 valence electrons. The van der Waals surface area contributed by atoms with Crippen molar-refractivity contribution in [3.05, 3.63) is 0 Å². The van der Waals surface area contributed by atoms with Gasteiger partial charge in [-0.05, 0) is 46.6 Å². The molecule has 6 aliphatic heterocycles. The first-order valence-corrected chi connectivity index (χ1v) is 23.4. The maximum Gasteiger partial charge on any atom is 0.335 e. The highest BCUT2D eigenvalue weighted by atomic mass is 16.8. The van der Waals surface area contributed by atoms with Gasteiger partial charge in [-0.3, -0.25) is 0 Å². The van der Waals surface area contributed by atoms with Crippen LogP contribution in [0.5, 0.6) is 0 Å². The molecular weight excluding hydrogens is 970 g/mol. The molecule has 0 amide bonds. The van der Waals surface area contributed by atoms with Gasteiger partial charge in [0.1, 0.15) is 122 Å². The second kappa shape index (κ2) is 25.5. The standard InChI is InChI=1S/C41H71NO29/c1-11-16(44)20(48)26(54)38(63-11)67-30-14(9-43)65-40(28(56)24(30)52)69-32-18(46)13(3)64-41(68-31-17(45)12(2)62-37(29(31)57)60-8-6-4-5-7-42)34(32)71-39-27(55)21(49)19(47)15(66-39)10-61-36-25(53)22(50)23(51)33(70-36)35(58)59/h11-34,36-41,43-57H,4-10,42H2,1-3H3,(H,58,59)/t11-,12-,13-,14+,15+,16-,17-,18-,19+,20+,21-,22-,23-,24+,25+,26+,27+,28+,29+,30+,31+,32+,33-,34+,36-,37+,38+,39+,40-,41-/m0/s1. The lowest BCUT2D eigenvalue weighted by Gasteiger charge is -2.51. The Kier molecular flexibility index (Phi) is 21.0. The summed E-state index contributed by atoms with van der Waals surface area (Å²) in [6.07, 6.45) is -52.8. The number of rotatable bonds is 19. The molecule has 0 spiro atoms. The van der Waals surface area contributed by atoms with Crippen molar-refractivity contribution in [3.8, 4) is 0 Å². The van der Waals surface area contributed by atoms with Crippen LogP contribution >= 0.6 is 0 Å². The fraction of sp³-hybridized carbons (Fsp3) is 0.976. The Morgan fingerprint density at radius 3 is 1.51 bits per heavy atom. The van der Waals surface area contributed by atoms with E-state index >= 15 is 0 Å². The van der Waals surface area contributed by atoms with Crippen LogP contribution in [0.1, 0.15) is 40.0 Å². The van der Waals surface area contributed by atoms with Crippen molar-refractivity contribution in [2.75, 3.05) is 26.4 Å². The van der Waals surface area contributed by atoms with Gasteiger partial charge in [0.15, 0.2) is 43.8 Å². The van der Waals surface area contributed by atoms with Crippen LogP contribution in [-0.4, -0.2) is 298 Å². The molecule has 30 atom stereocenters. The Morgan fingerprint density at radius 2 is 0.887 bits per heavy atom. The number of hydrogen-bond donors (Lipinski definition) is 17. The van der Waals surface area contributed by atoms with Crippen molar-refractivity contribution in [1.29, 1.82) is 0 Å². The predicted molar refractivity (Wildman–Crippen MR) is 222 cm³/mol. The number of ether oxygens (including phenoxy) is 12. The summed E-state index contributed by atoms with van der Waals surface area (Å²) in [6, 6.07) is 0. The first-order valence-electron chi connectivity index (χ1n) is 23.4. The second-order valence-electron chi connectivity index (χ2n) is 18.5. The molecule has 0 saturated carbocycles. The molecule has 0 aliphatic carbocycles. The minimum atomic E-state index is -2.20. The summed E-state index contributed by atoms with van der Waals surface area (Å²) >= 11 is 0. The van der Waals surface area contributed by atoms with Crippen LogP contribution in [0.15, 0.2) is 0 Å². The van der Waals surface area contributed by atoms with Gasteiger partial charge in [-0.25, -0.2) is 4.79 Å². The Bertz CT molecular complexity index is 1640. The van der Waals surface area contributed by atoms with E-state index in [2.05, 4.69) is 0 Å². The zero-order valence-corrected chi connectivity index (χ0v) is 38.8. The molecule has 30 nitrogen and oxygen atoms in total. The van der Waals surface area contributed by atoms with Gasteiger partial charge in [-0.2, -0.15) is 0 Å². The molecule has 0 unspecified atom stereocenters. The van der Waals surface area contributed by atoms with Crippen LogP contribution in [0.4, 0.5) is 0 Å². The van der Waals surface area contributed by atoms with Gasteiger partial charge < -0.3 is 144 Å². The van der Waals surface area contributed by atoms with Gasteiger partial charge in [0, 0.05) is 6.61 Å². The van der Waals surface area contributed by atoms with E-state index in [0.29, 0.717) is 25.8 Å². The Labute approximate surface area is 405 Å². The van der Waals surface area contributed by atoms with Crippen molar-refractivity contribution in [2.45, 2.75) is 224 Å². The molecule has 18 N–H and O–H groups in total. The summed E-state index contributed by atoms with van der Waals surface area (Å²) in [5.41, 5.74) is 5.58. The molecule has 30 heteroatoms. The Hall–Kier alpha value is -1.65. The monoisotopic (exact) mass is 1040 g/mol. The third-order valence-electron chi connectivity index (χ3n) is 13.4. The van der Waals surface area contributed by atoms with Crippen LogP contribution in [0.2, 0.25) is 0 Å². The maximum absolute atomic E-state index is 11.7. The first kappa shape index (κ1) is 58.6. The minimum absolute atomic E-state index is 0.0985. The van der Waals surface area contributed by atoms with E-state index in [9.17, 15) is 86.5 Å². The zero-order chi connectivity index (χ0) is 52.3. The van der Waals surface area contributed by atoms with Crippen molar-refractivity contribution in [3.63, 3.8) is 0 Å². The highest BCUT2D eigenvalue weighted by Crippen LogP contribution is 2.37. The van der Waals surface area contributed by atoms with Crippen molar-refractivity contribution in [2.24, 2.45) is 5.73 Å². The molecule has 0 aromatic rings. The quantitative estimate of drug-likeness (QED) is 0.0534. The average molecular weight is 1040 g/mol. The predicted octanol–water partition coefficient (Wildman–Crippen LogP) is -9.77.